The highest BCUT2D eigenvalue weighted by molar-refractivity contribution is 7.26. The molecule has 2 aromatic heterocycles. The van der Waals surface area contributed by atoms with Crippen LogP contribution < -0.4 is 5.32 Å². The molecule has 0 saturated carbocycles. The van der Waals surface area contributed by atoms with E-state index in [1.807, 2.05) is 36.6 Å². The number of hydrogen-bond acceptors (Lipinski definition) is 3. The SMILES string of the molecule is CNC(Cc1cc(Cl)ccc1Cl)c1cc2sccc2s1. The van der Waals surface area contributed by atoms with Gasteiger partial charge in [0.25, 0.3) is 0 Å². The van der Waals surface area contributed by atoms with Crippen LogP contribution >= 0.6 is 45.9 Å². The predicted molar refractivity (Wildman–Crippen MR) is 91.7 cm³/mol. The second-order valence-electron chi connectivity index (χ2n) is 4.58. The molecule has 3 aromatic rings. The normalized spacial score (nSPS) is 12.9. The number of thiophene rings is 2. The maximum Gasteiger partial charge on any atom is 0.0454 e. The average molecular weight is 342 g/mol. The zero-order valence-electron chi connectivity index (χ0n) is 10.8. The van der Waals surface area contributed by atoms with Gasteiger partial charge in [0.1, 0.15) is 0 Å². The highest BCUT2D eigenvalue weighted by atomic mass is 35.5. The Morgan fingerprint density at radius 2 is 2.00 bits per heavy atom. The second kappa shape index (κ2) is 6.04. The molecular formula is C15H13Cl2NS2. The van der Waals surface area contributed by atoms with E-state index in [4.69, 9.17) is 23.2 Å². The first-order valence-electron chi connectivity index (χ1n) is 6.25. The van der Waals surface area contributed by atoms with Crippen molar-refractivity contribution >= 4 is 55.3 Å². The molecule has 0 aliphatic carbocycles. The van der Waals surface area contributed by atoms with Crippen LogP contribution in [0.4, 0.5) is 0 Å². The fourth-order valence-corrected chi connectivity index (χ4v) is 4.84. The molecule has 0 aliphatic heterocycles. The van der Waals surface area contributed by atoms with Gasteiger partial charge in [0, 0.05) is 30.4 Å². The molecular weight excluding hydrogens is 329 g/mol. The van der Waals surface area contributed by atoms with Crippen LogP contribution in [0.3, 0.4) is 0 Å². The first-order chi connectivity index (χ1) is 9.67. The predicted octanol–water partition coefficient (Wildman–Crippen LogP) is 5.77. The summed E-state index contributed by atoms with van der Waals surface area (Å²) < 4.78 is 2.70. The quantitative estimate of drug-likeness (QED) is 0.634. The van der Waals surface area contributed by atoms with Crippen molar-refractivity contribution in [1.29, 1.82) is 0 Å². The Bertz CT molecular complexity index is 704. The third kappa shape index (κ3) is 2.87. The molecule has 0 bridgehead atoms. The fraction of sp³-hybridized carbons (Fsp3) is 0.200. The van der Waals surface area contributed by atoms with Gasteiger partial charge in [0.05, 0.1) is 0 Å². The Morgan fingerprint density at radius 1 is 1.15 bits per heavy atom. The van der Waals surface area contributed by atoms with E-state index < -0.39 is 0 Å². The Morgan fingerprint density at radius 3 is 2.75 bits per heavy atom. The van der Waals surface area contributed by atoms with E-state index >= 15 is 0 Å². The van der Waals surface area contributed by atoms with Gasteiger partial charge < -0.3 is 5.32 Å². The third-order valence-corrected chi connectivity index (χ3v) is 6.09. The van der Waals surface area contributed by atoms with Crippen molar-refractivity contribution < 1.29 is 0 Å². The van der Waals surface area contributed by atoms with Gasteiger partial charge >= 0.3 is 0 Å². The van der Waals surface area contributed by atoms with Gasteiger partial charge in [0.15, 0.2) is 0 Å². The highest BCUT2D eigenvalue weighted by Crippen LogP contribution is 2.35. The second-order valence-corrected chi connectivity index (χ2v) is 7.49. The Kier molecular flexibility index (Phi) is 4.34. The molecule has 0 saturated heterocycles. The topological polar surface area (TPSA) is 12.0 Å². The molecule has 0 aliphatic rings. The largest absolute Gasteiger partial charge is 0.312 e. The molecule has 1 N–H and O–H groups in total. The van der Waals surface area contributed by atoms with Crippen molar-refractivity contribution in [2.75, 3.05) is 7.05 Å². The summed E-state index contributed by atoms with van der Waals surface area (Å²) in [5.74, 6) is 0. The van der Waals surface area contributed by atoms with Crippen molar-refractivity contribution in [2.24, 2.45) is 0 Å². The lowest BCUT2D eigenvalue weighted by Crippen LogP contribution is -2.17. The molecule has 104 valence electrons. The maximum absolute atomic E-state index is 6.26. The number of rotatable bonds is 4. The molecule has 0 fully saturated rings. The van der Waals surface area contributed by atoms with Crippen LogP contribution in [0.5, 0.6) is 0 Å². The van der Waals surface area contributed by atoms with Gasteiger partial charge in [-0.1, -0.05) is 23.2 Å². The molecule has 5 heteroatoms. The van der Waals surface area contributed by atoms with Crippen molar-refractivity contribution in [3.63, 3.8) is 0 Å². The van der Waals surface area contributed by atoms with Gasteiger partial charge in [-0.15, -0.1) is 22.7 Å². The standard InChI is InChI=1S/C15H13Cl2NS2/c1-18-12(7-9-6-10(16)2-3-11(9)17)14-8-15-13(20-14)4-5-19-15/h2-6,8,12,18H,7H2,1H3. The van der Waals surface area contributed by atoms with E-state index in [0.29, 0.717) is 0 Å². The number of nitrogens with one attached hydrogen (secondary N) is 1. The summed E-state index contributed by atoms with van der Waals surface area (Å²) in [5.41, 5.74) is 1.08. The Hall–Kier alpha value is -0.580. The molecule has 3 rings (SSSR count). The van der Waals surface area contributed by atoms with Crippen LogP contribution in [0, 0.1) is 0 Å². The van der Waals surface area contributed by atoms with Crippen molar-refractivity contribution in [3.05, 3.63) is 56.2 Å². The number of halogens is 2. The molecule has 0 amide bonds. The number of fused-ring (bicyclic) bond motifs is 1. The molecule has 1 atom stereocenters. The Balaban J connectivity index is 1.90. The van der Waals surface area contributed by atoms with Crippen molar-refractivity contribution in [3.8, 4) is 0 Å². The van der Waals surface area contributed by atoms with Crippen LogP contribution in [0.15, 0.2) is 35.7 Å². The van der Waals surface area contributed by atoms with E-state index in [1.165, 1.54) is 14.3 Å². The number of hydrogen-bond donors (Lipinski definition) is 1. The van der Waals surface area contributed by atoms with Gasteiger partial charge in [0.2, 0.25) is 0 Å². The third-order valence-electron chi connectivity index (χ3n) is 3.28. The Labute approximate surface area is 136 Å². The van der Waals surface area contributed by atoms with Crippen LogP contribution in [-0.2, 0) is 6.42 Å². The van der Waals surface area contributed by atoms with Crippen molar-refractivity contribution in [2.45, 2.75) is 12.5 Å². The first kappa shape index (κ1) is 14.4. The summed E-state index contributed by atoms with van der Waals surface area (Å²) >= 11 is 15.9. The van der Waals surface area contributed by atoms with E-state index in [1.54, 1.807) is 11.3 Å². The van der Waals surface area contributed by atoms with Gasteiger partial charge in [-0.05, 0) is 54.7 Å². The van der Waals surface area contributed by atoms with Crippen molar-refractivity contribution in [1.82, 2.24) is 5.32 Å². The molecule has 1 aromatic carbocycles. The van der Waals surface area contributed by atoms with E-state index in [0.717, 1.165) is 22.0 Å². The summed E-state index contributed by atoms with van der Waals surface area (Å²) in [6.45, 7) is 0. The minimum Gasteiger partial charge on any atom is -0.312 e. The fourth-order valence-electron chi connectivity index (χ4n) is 2.22. The van der Waals surface area contributed by atoms with Crippen LogP contribution in [0.25, 0.3) is 9.40 Å². The zero-order valence-corrected chi connectivity index (χ0v) is 14.0. The van der Waals surface area contributed by atoms with E-state index in [2.05, 4.69) is 22.8 Å². The van der Waals surface area contributed by atoms with E-state index in [-0.39, 0.29) is 6.04 Å². The van der Waals surface area contributed by atoms with Crippen LogP contribution in [-0.4, -0.2) is 7.05 Å². The molecule has 0 spiro atoms. The van der Waals surface area contributed by atoms with Crippen LogP contribution in [0.2, 0.25) is 10.0 Å². The molecule has 0 radical (unpaired) electrons. The minimum atomic E-state index is 0.260. The lowest BCUT2D eigenvalue weighted by molar-refractivity contribution is 0.602. The summed E-state index contributed by atoms with van der Waals surface area (Å²) in [5, 5.41) is 7.01. The molecule has 20 heavy (non-hydrogen) atoms. The van der Waals surface area contributed by atoms with Crippen LogP contribution in [0.1, 0.15) is 16.5 Å². The minimum absolute atomic E-state index is 0.260. The number of benzene rings is 1. The average Bonchev–Trinajstić information content (AvgIpc) is 3.00. The summed E-state index contributed by atoms with van der Waals surface area (Å²) in [6, 6.07) is 10.3. The smallest absolute Gasteiger partial charge is 0.0454 e. The van der Waals surface area contributed by atoms with Gasteiger partial charge in [-0.2, -0.15) is 0 Å². The molecule has 1 unspecified atom stereocenters. The molecule has 2 heterocycles. The number of likely N-dealkylation sites (N-methyl/N-ethyl adjacent to an activating group) is 1. The summed E-state index contributed by atoms with van der Waals surface area (Å²) in [6.07, 6.45) is 0.837. The van der Waals surface area contributed by atoms with Gasteiger partial charge in [-0.25, -0.2) is 0 Å². The lowest BCUT2D eigenvalue weighted by atomic mass is 10.0. The maximum atomic E-state index is 6.26. The molecule has 1 nitrogen and oxygen atoms in total. The lowest BCUT2D eigenvalue weighted by Gasteiger charge is -2.15. The zero-order chi connectivity index (χ0) is 14.1. The van der Waals surface area contributed by atoms with E-state index in [9.17, 15) is 0 Å². The summed E-state index contributed by atoms with van der Waals surface area (Å²) in [7, 11) is 1.98. The first-order valence-corrected chi connectivity index (χ1v) is 8.70. The highest BCUT2D eigenvalue weighted by Gasteiger charge is 2.15. The summed E-state index contributed by atoms with van der Waals surface area (Å²) in [4.78, 5) is 1.34. The van der Waals surface area contributed by atoms with Gasteiger partial charge in [-0.3, -0.25) is 0 Å². The monoisotopic (exact) mass is 341 g/mol.